The third-order valence-electron chi connectivity index (χ3n) is 8.83. The molecule has 3 unspecified atom stereocenters. The van der Waals surface area contributed by atoms with Gasteiger partial charge in [-0.05, 0) is 76.2 Å². The molecule has 0 saturated carbocycles. The zero-order valence-corrected chi connectivity index (χ0v) is 27.6. The summed E-state index contributed by atoms with van der Waals surface area (Å²) in [6.07, 6.45) is 2.18. The number of benzene rings is 3. The van der Waals surface area contributed by atoms with Crippen LogP contribution in [-0.4, -0.2) is 90.4 Å². The smallest absolute Gasteiger partial charge is 0.254 e. The third kappa shape index (κ3) is 7.82. The summed E-state index contributed by atoms with van der Waals surface area (Å²) in [5.74, 6) is -0.00300. The standard InChI is InChI=1S/C35H43Cl2N5O2/c1-24-16-25(2)18-28(17-24)35(44)41-14-15-42(32(23-41)27-10-11-30(36)31(37)19-27)34(43)21-38-29-12-13-40(33(20-29)39(3)4)22-26-8-6-5-7-9-26/h5-11,16-19,29,32-33,38H,12-15,20-23H2,1-4H3. The number of likely N-dealkylation sites (tertiary alicyclic amines) is 1. The Morgan fingerprint density at radius 2 is 1.64 bits per heavy atom. The van der Waals surface area contributed by atoms with E-state index in [2.05, 4.69) is 65.6 Å². The summed E-state index contributed by atoms with van der Waals surface area (Å²) in [4.78, 5) is 35.9. The van der Waals surface area contributed by atoms with E-state index in [0.29, 0.717) is 35.2 Å². The minimum absolute atomic E-state index is 0.0210. The molecule has 0 spiro atoms. The molecule has 2 saturated heterocycles. The Labute approximate surface area is 271 Å². The lowest BCUT2D eigenvalue weighted by Crippen LogP contribution is -2.56. The summed E-state index contributed by atoms with van der Waals surface area (Å²) >= 11 is 12.7. The lowest BCUT2D eigenvalue weighted by molar-refractivity contribution is -0.135. The summed E-state index contributed by atoms with van der Waals surface area (Å²) in [7, 11) is 4.24. The van der Waals surface area contributed by atoms with Crippen molar-refractivity contribution in [2.45, 2.75) is 51.5 Å². The van der Waals surface area contributed by atoms with Gasteiger partial charge in [-0.25, -0.2) is 0 Å². The lowest BCUT2D eigenvalue weighted by Gasteiger charge is -2.44. The van der Waals surface area contributed by atoms with Gasteiger partial charge in [0.05, 0.1) is 28.8 Å². The Morgan fingerprint density at radius 1 is 0.909 bits per heavy atom. The van der Waals surface area contributed by atoms with Crippen LogP contribution in [-0.2, 0) is 11.3 Å². The Morgan fingerprint density at radius 3 is 2.32 bits per heavy atom. The van der Waals surface area contributed by atoms with Gasteiger partial charge in [0, 0.05) is 44.3 Å². The fourth-order valence-electron chi connectivity index (χ4n) is 6.60. The molecule has 0 aliphatic carbocycles. The van der Waals surface area contributed by atoms with Crippen LogP contribution in [0.5, 0.6) is 0 Å². The van der Waals surface area contributed by atoms with E-state index in [9.17, 15) is 9.59 Å². The topological polar surface area (TPSA) is 59.1 Å². The molecule has 9 heteroatoms. The minimum Gasteiger partial charge on any atom is -0.334 e. The third-order valence-corrected chi connectivity index (χ3v) is 9.57. The lowest BCUT2D eigenvalue weighted by atomic mass is 9.99. The number of amides is 2. The number of piperazine rings is 1. The normalized spacial score (nSPS) is 21.1. The highest BCUT2D eigenvalue weighted by molar-refractivity contribution is 6.42. The number of piperidine rings is 1. The molecule has 2 amide bonds. The zero-order valence-electron chi connectivity index (χ0n) is 26.1. The molecule has 2 aliphatic rings. The van der Waals surface area contributed by atoms with Crippen molar-refractivity contribution in [1.29, 1.82) is 0 Å². The van der Waals surface area contributed by atoms with Crippen LogP contribution in [0.3, 0.4) is 0 Å². The van der Waals surface area contributed by atoms with Crippen LogP contribution in [0.2, 0.25) is 10.0 Å². The van der Waals surface area contributed by atoms with Crippen molar-refractivity contribution in [2.24, 2.45) is 0 Å². The van der Waals surface area contributed by atoms with E-state index in [1.165, 1.54) is 5.56 Å². The van der Waals surface area contributed by atoms with Crippen molar-refractivity contribution in [3.63, 3.8) is 0 Å². The van der Waals surface area contributed by atoms with Crippen molar-refractivity contribution in [1.82, 2.24) is 24.9 Å². The summed E-state index contributed by atoms with van der Waals surface area (Å²) in [5, 5.41) is 4.48. The van der Waals surface area contributed by atoms with E-state index in [0.717, 1.165) is 42.6 Å². The van der Waals surface area contributed by atoms with Crippen LogP contribution in [0.1, 0.15) is 51.5 Å². The van der Waals surface area contributed by atoms with Gasteiger partial charge in [0.15, 0.2) is 0 Å². The first-order valence-electron chi connectivity index (χ1n) is 15.4. The van der Waals surface area contributed by atoms with Crippen LogP contribution in [0, 0.1) is 13.8 Å². The average molecular weight is 637 g/mol. The van der Waals surface area contributed by atoms with Gasteiger partial charge in [-0.1, -0.05) is 76.8 Å². The van der Waals surface area contributed by atoms with Crippen LogP contribution in [0.4, 0.5) is 0 Å². The van der Waals surface area contributed by atoms with Gasteiger partial charge in [-0.15, -0.1) is 0 Å². The summed E-state index contributed by atoms with van der Waals surface area (Å²) < 4.78 is 0. The number of halogens is 2. The molecule has 234 valence electrons. The largest absolute Gasteiger partial charge is 0.334 e. The molecule has 0 bridgehead atoms. The monoisotopic (exact) mass is 635 g/mol. The van der Waals surface area contributed by atoms with Gasteiger partial charge >= 0.3 is 0 Å². The molecule has 5 rings (SSSR count). The first-order chi connectivity index (χ1) is 21.1. The van der Waals surface area contributed by atoms with E-state index in [1.54, 1.807) is 6.07 Å². The second-order valence-corrected chi connectivity index (χ2v) is 13.2. The highest BCUT2D eigenvalue weighted by atomic mass is 35.5. The Kier molecular flexibility index (Phi) is 10.7. The molecule has 2 aliphatic heterocycles. The summed E-state index contributed by atoms with van der Waals surface area (Å²) in [6.45, 7) is 7.40. The summed E-state index contributed by atoms with van der Waals surface area (Å²) in [6, 6.07) is 21.9. The summed E-state index contributed by atoms with van der Waals surface area (Å²) in [5.41, 5.74) is 4.95. The average Bonchev–Trinajstić information content (AvgIpc) is 3.01. The van der Waals surface area contributed by atoms with Gasteiger partial charge in [0.2, 0.25) is 5.91 Å². The SMILES string of the molecule is Cc1cc(C)cc(C(=O)N2CCN(C(=O)CNC3CCN(Cc4ccccc4)C(N(C)C)C3)C(c3ccc(Cl)c(Cl)c3)C2)c1. The molecule has 1 N–H and O–H groups in total. The van der Waals surface area contributed by atoms with E-state index >= 15 is 0 Å². The maximum atomic E-state index is 13.8. The minimum atomic E-state index is -0.329. The maximum absolute atomic E-state index is 13.8. The second kappa shape index (κ2) is 14.4. The highest BCUT2D eigenvalue weighted by Gasteiger charge is 2.35. The molecule has 3 aromatic carbocycles. The molecular weight excluding hydrogens is 593 g/mol. The molecule has 0 radical (unpaired) electrons. The number of hydrogen-bond donors (Lipinski definition) is 1. The molecule has 3 atom stereocenters. The molecule has 0 aromatic heterocycles. The van der Waals surface area contributed by atoms with Gasteiger partial charge in [0.1, 0.15) is 0 Å². The molecule has 2 heterocycles. The predicted octanol–water partition coefficient (Wildman–Crippen LogP) is 5.78. The Hall–Kier alpha value is -2.94. The van der Waals surface area contributed by atoms with Crippen molar-refractivity contribution in [3.8, 4) is 0 Å². The number of nitrogens with zero attached hydrogens (tertiary/aromatic N) is 4. The highest BCUT2D eigenvalue weighted by Crippen LogP contribution is 2.32. The van der Waals surface area contributed by atoms with E-state index < -0.39 is 0 Å². The maximum Gasteiger partial charge on any atom is 0.254 e. The number of hydrogen-bond acceptors (Lipinski definition) is 5. The number of carbonyl (C=O) groups is 2. The van der Waals surface area contributed by atoms with Gasteiger partial charge in [-0.2, -0.15) is 0 Å². The Balaban J connectivity index is 1.26. The first kappa shape index (κ1) is 32.5. The first-order valence-corrected chi connectivity index (χ1v) is 16.1. The molecular formula is C35H43Cl2N5O2. The molecule has 7 nitrogen and oxygen atoms in total. The van der Waals surface area contributed by atoms with Crippen LogP contribution < -0.4 is 5.32 Å². The number of carbonyl (C=O) groups excluding carboxylic acids is 2. The van der Waals surface area contributed by atoms with Crippen LogP contribution in [0.25, 0.3) is 0 Å². The molecule has 3 aromatic rings. The van der Waals surface area contributed by atoms with E-state index in [1.807, 2.05) is 47.9 Å². The predicted molar refractivity (Wildman–Crippen MR) is 178 cm³/mol. The second-order valence-electron chi connectivity index (χ2n) is 12.4. The van der Waals surface area contributed by atoms with Crippen LogP contribution in [0.15, 0.2) is 66.7 Å². The van der Waals surface area contributed by atoms with Crippen molar-refractivity contribution in [2.75, 3.05) is 46.8 Å². The number of rotatable bonds is 8. The van der Waals surface area contributed by atoms with Gasteiger partial charge < -0.3 is 15.1 Å². The van der Waals surface area contributed by atoms with Crippen molar-refractivity contribution >= 4 is 35.0 Å². The van der Waals surface area contributed by atoms with Gasteiger partial charge in [0.25, 0.3) is 5.91 Å². The molecule has 44 heavy (non-hydrogen) atoms. The molecule has 2 fully saturated rings. The fraction of sp³-hybridized carbons (Fsp3) is 0.429. The number of aryl methyl sites for hydroxylation is 2. The Bertz CT molecular complexity index is 1450. The zero-order chi connectivity index (χ0) is 31.4. The van der Waals surface area contributed by atoms with Gasteiger partial charge in [-0.3, -0.25) is 19.4 Å². The van der Waals surface area contributed by atoms with Crippen molar-refractivity contribution < 1.29 is 9.59 Å². The van der Waals surface area contributed by atoms with E-state index in [4.69, 9.17) is 23.2 Å². The van der Waals surface area contributed by atoms with Crippen LogP contribution >= 0.6 is 23.2 Å². The number of nitrogens with one attached hydrogen (secondary N) is 1. The quantitative estimate of drug-likeness (QED) is 0.340. The fourth-order valence-corrected chi connectivity index (χ4v) is 6.91. The van der Waals surface area contributed by atoms with Crippen molar-refractivity contribution in [3.05, 3.63) is 105 Å². The van der Waals surface area contributed by atoms with E-state index in [-0.39, 0.29) is 36.6 Å².